The molecule has 2 N–H and O–H groups in total. The van der Waals surface area contributed by atoms with Crippen molar-refractivity contribution >= 4 is 46.4 Å². The smallest absolute Gasteiger partial charge is 0.416 e. The molecule has 8 rings (SSSR count). The van der Waals surface area contributed by atoms with E-state index in [1.54, 1.807) is 22.5 Å². The molecular formula is C40H42ClF3N10O5. The summed E-state index contributed by atoms with van der Waals surface area (Å²) >= 11 is 6.18. The van der Waals surface area contributed by atoms with Gasteiger partial charge in [0.1, 0.15) is 23.8 Å². The van der Waals surface area contributed by atoms with Crippen LogP contribution in [0.5, 0.6) is 5.75 Å². The molecule has 6 heterocycles. The van der Waals surface area contributed by atoms with Gasteiger partial charge in [0.15, 0.2) is 5.82 Å². The Hall–Kier alpha value is -5.72. The number of aromatic hydroxyl groups is 1. The number of nitrogens with zero attached hydrogens (tertiary/aromatic N) is 9. The van der Waals surface area contributed by atoms with Gasteiger partial charge in [-0.3, -0.25) is 14.4 Å². The first-order chi connectivity index (χ1) is 28.2. The first kappa shape index (κ1) is 40.1. The Morgan fingerprint density at radius 2 is 1.64 bits per heavy atom. The third-order valence-electron chi connectivity index (χ3n) is 11.1. The average molecular weight is 835 g/mol. The fourth-order valence-electron chi connectivity index (χ4n) is 7.80. The first-order valence-electron chi connectivity index (χ1n) is 19.3. The molecule has 15 nitrogen and oxygen atoms in total. The molecule has 5 aromatic rings. The molecule has 0 aliphatic carbocycles. The molecule has 3 aliphatic rings. The van der Waals surface area contributed by atoms with Crippen molar-refractivity contribution in [2.45, 2.75) is 46.2 Å². The van der Waals surface area contributed by atoms with Gasteiger partial charge in [-0.05, 0) is 61.9 Å². The molecular weight excluding hydrogens is 793 g/mol. The van der Waals surface area contributed by atoms with Crippen molar-refractivity contribution in [1.29, 1.82) is 0 Å². The lowest BCUT2D eigenvalue weighted by Gasteiger charge is -2.37. The highest BCUT2D eigenvalue weighted by atomic mass is 35.5. The molecule has 0 radical (unpaired) electrons. The highest BCUT2D eigenvalue weighted by Crippen LogP contribution is 2.34. The monoisotopic (exact) mass is 834 g/mol. The number of rotatable bonds is 8. The molecule has 2 fully saturated rings. The zero-order valence-corrected chi connectivity index (χ0v) is 33.4. The van der Waals surface area contributed by atoms with E-state index < -0.39 is 23.2 Å². The van der Waals surface area contributed by atoms with Crippen LogP contribution < -0.4 is 20.7 Å². The number of ether oxygens (including phenoxy) is 1. The highest BCUT2D eigenvalue weighted by molar-refractivity contribution is 6.33. The summed E-state index contributed by atoms with van der Waals surface area (Å²) in [5, 5.41) is 17.9. The maximum absolute atomic E-state index is 14.5. The Morgan fingerprint density at radius 1 is 0.932 bits per heavy atom. The predicted octanol–water partition coefficient (Wildman–Crippen LogP) is 4.58. The third-order valence-corrected chi connectivity index (χ3v) is 11.4. The summed E-state index contributed by atoms with van der Waals surface area (Å²) < 4.78 is 48.3. The molecule has 2 aromatic carbocycles. The van der Waals surface area contributed by atoms with Crippen LogP contribution in [0.25, 0.3) is 17.2 Å². The number of hydrogen-bond donors (Lipinski definition) is 2. The SMILES string of the molecule is CCc1c(N2CCN(C(=O)c3cc(N4CCN(C)CC4)nc(C)c3O)CC2)c(=O)n2nc(-c3ccc4c(c3)COC4)nc2n1CC(=O)Nc1ccc(C(F)(F)F)cc1Cl. The number of pyridine rings is 1. The third kappa shape index (κ3) is 7.79. The van der Waals surface area contributed by atoms with Gasteiger partial charge in [0, 0.05) is 57.9 Å². The molecule has 59 heavy (non-hydrogen) atoms. The Labute approximate surface area is 341 Å². The number of likely N-dealkylation sites (N-methyl/N-ethyl adjacent to an activating group) is 1. The van der Waals surface area contributed by atoms with Gasteiger partial charge in [0.05, 0.1) is 46.4 Å². The van der Waals surface area contributed by atoms with Crippen LogP contribution in [0.15, 0.2) is 47.3 Å². The lowest BCUT2D eigenvalue weighted by atomic mass is 10.1. The number of nitrogens with one attached hydrogen (secondary N) is 1. The number of halogens is 4. The molecule has 2 amide bonds. The van der Waals surface area contributed by atoms with Crippen molar-refractivity contribution < 1.29 is 32.6 Å². The molecule has 0 atom stereocenters. The first-order valence-corrected chi connectivity index (χ1v) is 19.6. The number of benzene rings is 2. The van der Waals surface area contributed by atoms with E-state index in [0.29, 0.717) is 36.0 Å². The van der Waals surface area contributed by atoms with Crippen molar-refractivity contribution in [2.75, 3.05) is 74.5 Å². The molecule has 3 aromatic heterocycles. The zero-order valence-electron chi connectivity index (χ0n) is 32.6. The van der Waals surface area contributed by atoms with Gasteiger partial charge < -0.3 is 39.3 Å². The van der Waals surface area contributed by atoms with Crippen LogP contribution in [0.4, 0.5) is 30.4 Å². The number of hydrogen-bond acceptors (Lipinski definition) is 11. The molecule has 0 spiro atoms. The minimum Gasteiger partial charge on any atom is -0.505 e. The summed E-state index contributed by atoms with van der Waals surface area (Å²) in [7, 11) is 2.05. The van der Waals surface area contributed by atoms with Crippen LogP contribution in [0, 0.1) is 6.92 Å². The topological polar surface area (TPSA) is 154 Å². The summed E-state index contributed by atoms with van der Waals surface area (Å²) in [4.78, 5) is 59.3. The van der Waals surface area contributed by atoms with E-state index in [1.807, 2.05) is 37.1 Å². The van der Waals surface area contributed by atoms with Crippen LogP contribution in [-0.2, 0) is 41.9 Å². The standard InChI is InChI=1S/C40H42ClF3N10O5/c1-4-31-34(51-13-15-52(16-14-51)37(57)28-19-32(45-23(2)35(28)56)50-11-9-49(3)10-12-50)38(58)54-39(47-36(48-54)24-5-6-25-21-59-22-26(25)17-24)53(31)20-33(55)46-30-8-7-27(18-29(30)41)40(42,43)44/h5-8,17-19,56H,4,9-16,20-22H2,1-3H3,(H,46,55). The highest BCUT2D eigenvalue weighted by Gasteiger charge is 2.33. The Balaban J connectivity index is 1.11. The number of amides is 2. The summed E-state index contributed by atoms with van der Waals surface area (Å²) in [6.07, 6.45) is -4.34. The van der Waals surface area contributed by atoms with Gasteiger partial charge in [-0.2, -0.15) is 22.7 Å². The normalized spacial score (nSPS) is 16.2. The van der Waals surface area contributed by atoms with E-state index in [4.69, 9.17) is 21.3 Å². The number of anilines is 3. The Kier molecular flexibility index (Phi) is 10.7. The Morgan fingerprint density at radius 3 is 2.34 bits per heavy atom. The number of aryl methyl sites for hydroxylation is 1. The van der Waals surface area contributed by atoms with Crippen LogP contribution in [-0.4, -0.2) is 110 Å². The minimum atomic E-state index is -4.62. The Bertz CT molecular complexity index is 2530. The number of fused-ring (bicyclic) bond motifs is 2. The number of carbonyl (C=O) groups excluding carboxylic acids is 2. The number of carbonyl (C=O) groups is 2. The maximum Gasteiger partial charge on any atom is 0.416 e. The number of aromatic nitrogens is 5. The van der Waals surface area contributed by atoms with Gasteiger partial charge in [0.2, 0.25) is 11.7 Å². The minimum absolute atomic E-state index is 0.0191. The van der Waals surface area contributed by atoms with E-state index in [0.717, 1.165) is 60.0 Å². The van der Waals surface area contributed by atoms with Gasteiger partial charge in [-0.1, -0.05) is 30.7 Å². The van der Waals surface area contributed by atoms with Crippen molar-refractivity contribution in [3.8, 4) is 17.1 Å². The van der Waals surface area contributed by atoms with Gasteiger partial charge >= 0.3 is 6.18 Å². The summed E-state index contributed by atoms with van der Waals surface area (Å²) in [5.74, 6) is -0.200. The largest absolute Gasteiger partial charge is 0.505 e. The molecule has 0 bridgehead atoms. The predicted molar refractivity (Wildman–Crippen MR) is 214 cm³/mol. The van der Waals surface area contributed by atoms with Crippen molar-refractivity contribution in [2.24, 2.45) is 0 Å². The lowest BCUT2D eigenvalue weighted by molar-refractivity contribution is -0.137. The molecule has 2 saturated heterocycles. The molecule has 3 aliphatic heterocycles. The van der Waals surface area contributed by atoms with Gasteiger partial charge in [-0.25, -0.2) is 4.98 Å². The van der Waals surface area contributed by atoms with E-state index in [-0.39, 0.29) is 84.4 Å². The average Bonchev–Trinajstić information content (AvgIpc) is 3.88. The molecule has 19 heteroatoms. The van der Waals surface area contributed by atoms with E-state index >= 15 is 0 Å². The second-order valence-corrected chi connectivity index (χ2v) is 15.3. The van der Waals surface area contributed by atoms with Crippen LogP contribution in [0.1, 0.15) is 45.4 Å². The molecule has 310 valence electrons. The number of piperazine rings is 2. The quantitative estimate of drug-likeness (QED) is 0.226. The second kappa shape index (κ2) is 15.8. The van der Waals surface area contributed by atoms with E-state index in [1.165, 1.54) is 0 Å². The fourth-order valence-corrected chi connectivity index (χ4v) is 8.03. The van der Waals surface area contributed by atoms with Gasteiger partial charge in [-0.15, -0.1) is 5.10 Å². The summed E-state index contributed by atoms with van der Waals surface area (Å²) in [6.45, 7) is 8.12. The zero-order chi connectivity index (χ0) is 41.7. The number of alkyl halides is 3. The van der Waals surface area contributed by atoms with Crippen LogP contribution in [0.3, 0.4) is 0 Å². The van der Waals surface area contributed by atoms with Crippen molar-refractivity contribution in [3.05, 3.63) is 91.5 Å². The van der Waals surface area contributed by atoms with Crippen LogP contribution in [0.2, 0.25) is 5.02 Å². The molecule has 0 saturated carbocycles. The van der Waals surface area contributed by atoms with Crippen molar-refractivity contribution in [1.82, 2.24) is 33.9 Å². The summed E-state index contributed by atoms with van der Waals surface area (Å²) in [5.41, 5.74) is 2.45. The van der Waals surface area contributed by atoms with E-state index in [9.17, 15) is 32.7 Å². The maximum atomic E-state index is 14.5. The summed E-state index contributed by atoms with van der Waals surface area (Å²) in [6, 6.07) is 9.96. The second-order valence-electron chi connectivity index (χ2n) is 14.9. The van der Waals surface area contributed by atoms with Gasteiger partial charge in [0.25, 0.3) is 11.5 Å². The van der Waals surface area contributed by atoms with Crippen LogP contribution >= 0.6 is 11.6 Å². The van der Waals surface area contributed by atoms with Crippen molar-refractivity contribution in [3.63, 3.8) is 0 Å². The van der Waals surface area contributed by atoms with E-state index in [2.05, 4.69) is 25.2 Å². The fraction of sp³-hybridized carbons (Fsp3) is 0.400. The lowest BCUT2D eigenvalue weighted by Crippen LogP contribution is -2.51. The molecule has 0 unspecified atom stereocenters.